The number of esters is 1. The van der Waals surface area contributed by atoms with Crippen LogP contribution in [0.15, 0.2) is 5.16 Å². The number of hydrogen-bond acceptors (Lipinski definition) is 6. The van der Waals surface area contributed by atoms with Gasteiger partial charge in [-0.15, -0.1) is 0 Å². The highest BCUT2D eigenvalue weighted by molar-refractivity contribution is 6.37. The molecule has 0 radical (unpaired) electrons. The maximum absolute atomic E-state index is 11.7. The van der Waals surface area contributed by atoms with Crippen LogP contribution in [0.1, 0.15) is 19.3 Å². The lowest BCUT2D eigenvalue weighted by Gasteiger charge is -2.40. The van der Waals surface area contributed by atoms with E-state index in [4.69, 9.17) is 14.3 Å². The normalized spacial score (nSPS) is 35.8. The Labute approximate surface area is 106 Å². The molecular formula is C12H18N2O4. The van der Waals surface area contributed by atoms with E-state index in [-0.39, 0.29) is 11.9 Å². The fraction of sp³-hybridized carbons (Fsp3) is 0.833. The van der Waals surface area contributed by atoms with Crippen molar-refractivity contribution >= 4 is 11.7 Å². The molecule has 0 aromatic rings. The molecule has 0 spiro atoms. The Balaban J connectivity index is 1.82. The molecule has 0 bridgehead atoms. The minimum atomic E-state index is -0.423. The van der Waals surface area contributed by atoms with E-state index >= 15 is 0 Å². The molecule has 0 amide bonds. The van der Waals surface area contributed by atoms with Crippen LogP contribution < -0.4 is 0 Å². The average molecular weight is 254 g/mol. The minimum absolute atomic E-state index is 0.0445. The summed E-state index contributed by atoms with van der Waals surface area (Å²) < 4.78 is 10.2. The van der Waals surface area contributed by atoms with Crippen LogP contribution in [-0.4, -0.2) is 55.7 Å². The van der Waals surface area contributed by atoms with E-state index in [2.05, 4.69) is 10.1 Å². The van der Waals surface area contributed by atoms with Crippen LogP contribution in [0.4, 0.5) is 0 Å². The molecule has 0 N–H and O–H groups in total. The maximum atomic E-state index is 11.7. The first-order chi connectivity index (χ1) is 8.78. The molecule has 1 saturated carbocycles. The highest BCUT2D eigenvalue weighted by atomic mass is 16.7. The molecular weight excluding hydrogens is 236 g/mol. The largest absolute Gasteiger partial charge is 0.464 e. The third kappa shape index (κ3) is 1.63. The third-order valence-electron chi connectivity index (χ3n) is 4.15. The number of nitrogens with zero attached hydrogens (tertiary/aromatic N) is 2. The maximum Gasteiger partial charge on any atom is 0.356 e. The highest BCUT2D eigenvalue weighted by Crippen LogP contribution is 2.46. The zero-order valence-corrected chi connectivity index (χ0v) is 10.6. The second kappa shape index (κ2) is 4.51. The van der Waals surface area contributed by atoms with E-state index in [0.29, 0.717) is 18.9 Å². The Hall–Kier alpha value is -1.14. The molecule has 18 heavy (non-hydrogen) atoms. The van der Waals surface area contributed by atoms with Gasteiger partial charge in [0.05, 0.1) is 26.2 Å². The van der Waals surface area contributed by atoms with Gasteiger partial charge < -0.3 is 14.3 Å². The van der Waals surface area contributed by atoms with Crippen LogP contribution in [0, 0.1) is 5.92 Å². The number of ether oxygens (including phenoxy) is 2. The van der Waals surface area contributed by atoms with Crippen molar-refractivity contribution in [3.8, 4) is 0 Å². The molecule has 2 fully saturated rings. The molecule has 0 aromatic heterocycles. The summed E-state index contributed by atoms with van der Waals surface area (Å²) in [7, 11) is 1.38. The van der Waals surface area contributed by atoms with Crippen LogP contribution in [0.3, 0.4) is 0 Å². The van der Waals surface area contributed by atoms with Crippen LogP contribution in [-0.2, 0) is 19.1 Å². The Bertz CT molecular complexity index is 378. The SMILES string of the molecule is COC(=O)C1=NO[C@]2(N3CCOCC3)CCC[C@@H]12. The zero-order chi connectivity index (χ0) is 12.6. The Morgan fingerprint density at radius 3 is 3.00 bits per heavy atom. The van der Waals surface area contributed by atoms with Gasteiger partial charge in [-0.25, -0.2) is 4.79 Å². The number of hydrogen-bond donors (Lipinski definition) is 0. The van der Waals surface area contributed by atoms with E-state index in [0.717, 1.165) is 32.4 Å². The summed E-state index contributed by atoms with van der Waals surface area (Å²) in [6, 6.07) is 0. The summed E-state index contributed by atoms with van der Waals surface area (Å²) in [5.74, 6) is -0.319. The van der Waals surface area contributed by atoms with Crippen molar-refractivity contribution in [3.05, 3.63) is 0 Å². The molecule has 2 aliphatic heterocycles. The fourth-order valence-corrected chi connectivity index (χ4v) is 3.27. The van der Waals surface area contributed by atoms with Gasteiger partial charge >= 0.3 is 5.97 Å². The van der Waals surface area contributed by atoms with Gasteiger partial charge in [-0.1, -0.05) is 5.16 Å². The van der Waals surface area contributed by atoms with Gasteiger partial charge in [0.2, 0.25) is 0 Å². The molecule has 2 atom stereocenters. The van der Waals surface area contributed by atoms with Crippen LogP contribution >= 0.6 is 0 Å². The second-order valence-electron chi connectivity index (χ2n) is 4.95. The van der Waals surface area contributed by atoms with Crippen LogP contribution in [0.5, 0.6) is 0 Å². The fourth-order valence-electron chi connectivity index (χ4n) is 3.27. The van der Waals surface area contributed by atoms with Gasteiger partial charge in [-0.05, 0) is 12.8 Å². The number of oxime groups is 1. The van der Waals surface area contributed by atoms with Gasteiger partial charge in [-0.2, -0.15) is 0 Å². The molecule has 3 aliphatic rings. The topological polar surface area (TPSA) is 60.4 Å². The van der Waals surface area contributed by atoms with Gasteiger partial charge in [0.15, 0.2) is 11.4 Å². The second-order valence-corrected chi connectivity index (χ2v) is 4.95. The molecule has 1 saturated heterocycles. The first kappa shape index (κ1) is 11.9. The molecule has 100 valence electrons. The molecule has 2 heterocycles. The molecule has 6 nitrogen and oxygen atoms in total. The van der Waals surface area contributed by atoms with Crippen LogP contribution in [0.25, 0.3) is 0 Å². The summed E-state index contributed by atoms with van der Waals surface area (Å²) in [5.41, 5.74) is 0.0225. The predicted octanol–water partition coefficient (Wildman–Crippen LogP) is 0.374. The van der Waals surface area contributed by atoms with Gasteiger partial charge in [-0.3, -0.25) is 4.90 Å². The van der Waals surface area contributed by atoms with Gasteiger partial charge in [0.25, 0.3) is 0 Å². The summed E-state index contributed by atoms with van der Waals surface area (Å²) >= 11 is 0. The lowest BCUT2D eigenvalue weighted by molar-refractivity contribution is -0.173. The molecule has 6 heteroatoms. The lowest BCUT2D eigenvalue weighted by Crippen LogP contribution is -2.56. The highest BCUT2D eigenvalue weighted by Gasteiger charge is 2.57. The lowest BCUT2D eigenvalue weighted by atomic mass is 9.93. The standard InChI is InChI=1S/C12H18N2O4/c1-16-11(15)10-9-3-2-4-12(9,18-13-10)14-5-7-17-8-6-14/h9H,2-8H2,1H3/t9-,12+/m0/s1. The van der Waals surface area contributed by atoms with Crippen molar-refractivity contribution in [2.75, 3.05) is 33.4 Å². The summed E-state index contributed by atoms with van der Waals surface area (Å²) in [4.78, 5) is 19.7. The van der Waals surface area contributed by atoms with E-state index in [9.17, 15) is 4.79 Å². The minimum Gasteiger partial charge on any atom is -0.464 e. The van der Waals surface area contributed by atoms with Crippen molar-refractivity contribution in [1.29, 1.82) is 0 Å². The van der Waals surface area contributed by atoms with Crippen molar-refractivity contribution in [1.82, 2.24) is 4.90 Å². The number of methoxy groups -OCH3 is 1. The Morgan fingerprint density at radius 1 is 1.50 bits per heavy atom. The number of rotatable bonds is 2. The number of carbonyl (C=O) groups excluding carboxylic acids is 1. The summed E-state index contributed by atoms with van der Waals surface area (Å²) in [6.45, 7) is 3.09. The number of fused-ring (bicyclic) bond motifs is 1. The third-order valence-corrected chi connectivity index (χ3v) is 4.15. The molecule has 3 rings (SSSR count). The van der Waals surface area contributed by atoms with Crippen LogP contribution in [0.2, 0.25) is 0 Å². The number of carbonyl (C=O) groups is 1. The van der Waals surface area contributed by atoms with E-state index in [1.165, 1.54) is 7.11 Å². The van der Waals surface area contributed by atoms with Gasteiger partial charge in [0, 0.05) is 19.5 Å². The van der Waals surface area contributed by atoms with Crippen molar-refractivity contribution in [2.45, 2.75) is 25.0 Å². The van der Waals surface area contributed by atoms with E-state index in [1.54, 1.807) is 0 Å². The van der Waals surface area contributed by atoms with E-state index < -0.39 is 5.72 Å². The van der Waals surface area contributed by atoms with Crippen molar-refractivity contribution < 1.29 is 19.1 Å². The first-order valence-corrected chi connectivity index (χ1v) is 6.45. The Morgan fingerprint density at radius 2 is 2.28 bits per heavy atom. The summed E-state index contributed by atoms with van der Waals surface area (Å²) in [5, 5.41) is 4.00. The van der Waals surface area contributed by atoms with E-state index in [1.807, 2.05) is 0 Å². The molecule has 0 unspecified atom stereocenters. The molecule has 0 aromatic carbocycles. The van der Waals surface area contributed by atoms with Crippen molar-refractivity contribution in [2.24, 2.45) is 11.1 Å². The quantitative estimate of drug-likeness (QED) is 0.666. The predicted molar refractivity (Wildman–Crippen MR) is 63.0 cm³/mol. The molecule has 1 aliphatic carbocycles. The first-order valence-electron chi connectivity index (χ1n) is 6.45. The monoisotopic (exact) mass is 254 g/mol. The van der Waals surface area contributed by atoms with Crippen molar-refractivity contribution in [3.63, 3.8) is 0 Å². The average Bonchev–Trinajstić information content (AvgIpc) is 2.98. The summed E-state index contributed by atoms with van der Waals surface area (Å²) in [6.07, 6.45) is 2.91. The Kier molecular flexibility index (Phi) is 2.99. The zero-order valence-electron chi connectivity index (χ0n) is 10.6. The van der Waals surface area contributed by atoms with Gasteiger partial charge in [0.1, 0.15) is 0 Å². The smallest absolute Gasteiger partial charge is 0.356 e. The number of morpholine rings is 1.